The van der Waals surface area contributed by atoms with Crippen LogP contribution < -0.4 is 14.9 Å². The molecular formula is C20H25N5O4. The fraction of sp³-hybridized carbons (Fsp3) is 0.400. The number of hydrogen-bond acceptors (Lipinski definition) is 8. The van der Waals surface area contributed by atoms with Gasteiger partial charge in [-0.3, -0.25) is 4.79 Å². The lowest BCUT2D eigenvalue weighted by atomic mass is 10.2. The maximum atomic E-state index is 12.2. The zero-order valence-electron chi connectivity index (χ0n) is 16.8. The molecule has 1 aliphatic heterocycles. The van der Waals surface area contributed by atoms with E-state index in [2.05, 4.69) is 20.5 Å². The van der Waals surface area contributed by atoms with Gasteiger partial charge < -0.3 is 19.1 Å². The monoisotopic (exact) mass is 399 g/mol. The van der Waals surface area contributed by atoms with E-state index < -0.39 is 0 Å². The van der Waals surface area contributed by atoms with E-state index in [9.17, 15) is 4.79 Å². The number of methoxy groups -OCH3 is 1. The van der Waals surface area contributed by atoms with Crippen LogP contribution in [0, 0.1) is 13.8 Å². The molecule has 154 valence electrons. The van der Waals surface area contributed by atoms with Gasteiger partial charge in [0.2, 0.25) is 5.95 Å². The fourth-order valence-corrected chi connectivity index (χ4v) is 2.87. The first-order valence-corrected chi connectivity index (χ1v) is 9.33. The average molecular weight is 399 g/mol. The van der Waals surface area contributed by atoms with Gasteiger partial charge in [0, 0.05) is 24.5 Å². The minimum atomic E-state index is -0.0707. The smallest absolute Gasteiger partial charge is 0.260 e. The summed E-state index contributed by atoms with van der Waals surface area (Å²) < 4.78 is 16.3. The first-order chi connectivity index (χ1) is 14.0. The van der Waals surface area contributed by atoms with Crippen molar-refractivity contribution in [1.29, 1.82) is 0 Å². The van der Waals surface area contributed by atoms with Crippen LogP contribution in [-0.4, -0.2) is 67.0 Å². The van der Waals surface area contributed by atoms with Crippen LogP contribution in [0.4, 0.5) is 5.95 Å². The Labute approximate surface area is 169 Å². The molecule has 1 saturated heterocycles. The lowest BCUT2D eigenvalue weighted by Crippen LogP contribution is -2.43. The van der Waals surface area contributed by atoms with Crippen LogP contribution >= 0.6 is 0 Å². The second-order valence-electron chi connectivity index (χ2n) is 6.54. The van der Waals surface area contributed by atoms with Gasteiger partial charge in [-0.05, 0) is 43.7 Å². The Bertz CT molecular complexity index is 861. The van der Waals surface area contributed by atoms with E-state index in [4.69, 9.17) is 14.2 Å². The first kappa shape index (κ1) is 20.5. The summed E-state index contributed by atoms with van der Waals surface area (Å²) in [5.41, 5.74) is 5.35. The Hall–Kier alpha value is -3.20. The number of hydrogen-bond donors (Lipinski definition) is 1. The first-order valence-electron chi connectivity index (χ1n) is 9.33. The lowest BCUT2D eigenvalue weighted by molar-refractivity contribution is -0.137. The van der Waals surface area contributed by atoms with Crippen molar-refractivity contribution in [3.8, 4) is 11.5 Å². The van der Waals surface area contributed by atoms with Crippen molar-refractivity contribution in [2.45, 2.75) is 13.8 Å². The van der Waals surface area contributed by atoms with Gasteiger partial charge in [-0.2, -0.15) is 5.10 Å². The highest BCUT2D eigenvalue weighted by Crippen LogP contribution is 2.27. The predicted molar refractivity (Wildman–Crippen MR) is 109 cm³/mol. The highest BCUT2D eigenvalue weighted by Gasteiger charge is 2.18. The van der Waals surface area contributed by atoms with Gasteiger partial charge >= 0.3 is 0 Å². The number of anilines is 1. The van der Waals surface area contributed by atoms with Gasteiger partial charge in [-0.25, -0.2) is 15.4 Å². The zero-order chi connectivity index (χ0) is 20.6. The average Bonchev–Trinajstić information content (AvgIpc) is 2.72. The Morgan fingerprint density at radius 3 is 2.62 bits per heavy atom. The highest BCUT2D eigenvalue weighted by molar-refractivity contribution is 5.81. The van der Waals surface area contributed by atoms with Gasteiger partial charge in [-0.15, -0.1) is 0 Å². The molecule has 0 radical (unpaired) electrons. The van der Waals surface area contributed by atoms with Crippen LogP contribution in [0.25, 0.3) is 0 Å². The Morgan fingerprint density at radius 2 is 1.93 bits per heavy atom. The van der Waals surface area contributed by atoms with Crippen molar-refractivity contribution in [3.63, 3.8) is 0 Å². The van der Waals surface area contributed by atoms with Crippen molar-refractivity contribution in [3.05, 3.63) is 41.2 Å². The van der Waals surface area contributed by atoms with Gasteiger partial charge in [0.1, 0.15) is 0 Å². The standard InChI is InChI=1S/C20H25N5O4/c1-14-10-15(2)23-20(22-14)24-21-12-16-4-5-17(18(11-16)27-3)29-13-19(26)25-6-8-28-9-7-25/h4-5,10-12H,6-9,13H2,1-3H3,(H,22,23,24)/b21-12-. The van der Waals surface area contributed by atoms with E-state index in [1.54, 1.807) is 30.4 Å². The molecule has 29 heavy (non-hydrogen) atoms. The number of aryl methyl sites for hydroxylation is 2. The number of carbonyl (C=O) groups is 1. The third kappa shape index (κ3) is 5.89. The molecule has 0 aliphatic carbocycles. The molecular weight excluding hydrogens is 374 g/mol. The Balaban J connectivity index is 1.59. The maximum Gasteiger partial charge on any atom is 0.260 e. The maximum absolute atomic E-state index is 12.2. The molecule has 1 fully saturated rings. The number of aromatic nitrogens is 2. The summed E-state index contributed by atoms with van der Waals surface area (Å²) in [4.78, 5) is 22.5. The van der Waals surface area contributed by atoms with E-state index in [1.165, 1.54) is 0 Å². The van der Waals surface area contributed by atoms with Crippen LogP contribution in [0.15, 0.2) is 29.4 Å². The van der Waals surface area contributed by atoms with Crippen LogP contribution in [0.2, 0.25) is 0 Å². The summed E-state index contributed by atoms with van der Waals surface area (Å²) in [7, 11) is 1.55. The lowest BCUT2D eigenvalue weighted by Gasteiger charge is -2.26. The van der Waals surface area contributed by atoms with E-state index in [-0.39, 0.29) is 12.5 Å². The second kappa shape index (κ2) is 9.83. The number of nitrogens with zero attached hydrogens (tertiary/aromatic N) is 4. The summed E-state index contributed by atoms with van der Waals surface area (Å²) in [5, 5.41) is 4.17. The van der Waals surface area contributed by atoms with E-state index in [0.29, 0.717) is 43.8 Å². The molecule has 0 unspecified atom stereocenters. The van der Waals surface area contributed by atoms with Gasteiger partial charge in [0.05, 0.1) is 26.5 Å². The summed E-state index contributed by atoms with van der Waals surface area (Å²) in [5.74, 6) is 1.38. The number of carbonyl (C=O) groups excluding carboxylic acids is 1. The Kier molecular flexibility index (Phi) is 6.96. The van der Waals surface area contributed by atoms with E-state index in [0.717, 1.165) is 17.0 Å². The van der Waals surface area contributed by atoms with Gasteiger partial charge in [0.15, 0.2) is 18.1 Å². The van der Waals surface area contributed by atoms with Gasteiger partial charge in [-0.1, -0.05) is 0 Å². The van der Waals surface area contributed by atoms with Crippen LogP contribution in [0.3, 0.4) is 0 Å². The molecule has 0 bridgehead atoms. The quantitative estimate of drug-likeness (QED) is 0.560. The van der Waals surface area contributed by atoms with E-state index in [1.807, 2.05) is 26.0 Å². The third-order valence-corrected chi connectivity index (χ3v) is 4.26. The summed E-state index contributed by atoms with van der Waals surface area (Å²) in [6.45, 7) is 6.05. The molecule has 0 atom stereocenters. The molecule has 3 rings (SSSR count). The molecule has 9 heteroatoms. The zero-order valence-corrected chi connectivity index (χ0v) is 16.8. The number of morpholine rings is 1. The van der Waals surface area contributed by atoms with Crippen molar-refractivity contribution < 1.29 is 19.0 Å². The molecule has 0 saturated carbocycles. The largest absolute Gasteiger partial charge is 0.493 e. The van der Waals surface area contributed by atoms with E-state index >= 15 is 0 Å². The van der Waals surface area contributed by atoms with Crippen molar-refractivity contribution in [2.24, 2.45) is 5.10 Å². The molecule has 1 N–H and O–H groups in total. The number of nitrogens with one attached hydrogen (secondary N) is 1. The fourth-order valence-electron chi connectivity index (χ4n) is 2.87. The minimum Gasteiger partial charge on any atom is -0.493 e. The summed E-state index contributed by atoms with van der Waals surface area (Å²) >= 11 is 0. The van der Waals surface area contributed by atoms with Crippen molar-refractivity contribution in [1.82, 2.24) is 14.9 Å². The minimum absolute atomic E-state index is 0.0462. The molecule has 9 nitrogen and oxygen atoms in total. The second-order valence-corrected chi connectivity index (χ2v) is 6.54. The topological polar surface area (TPSA) is 98.2 Å². The highest BCUT2D eigenvalue weighted by atomic mass is 16.5. The summed E-state index contributed by atoms with van der Waals surface area (Å²) in [6.07, 6.45) is 1.63. The van der Waals surface area contributed by atoms with Crippen molar-refractivity contribution >= 4 is 18.1 Å². The van der Waals surface area contributed by atoms with Crippen LogP contribution in [0.1, 0.15) is 17.0 Å². The molecule has 1 aromatic heterocycles. The number of amides is 1. The number of benzene rings is 1. The molecule has 0 spiro atoms. The predicted octanol–water partition coefficient (Wildman–Crippen LogP) is 1.79. The number of rotatable bonds is 7. The normalized spacial score (nSPS) is 14.1. The SMILES string of the molecule is COc1cc(/C=N\Nc2nc(C)cc(C)n2)ccc1OCC(=O)N1CCOCC1. The molecule has 1 amide bonds. The van der Waals surface area contributed by atoms with Crippen molar-refractivity contribution in [2.75, 3.05) is 45.4 Å². The molecule has 2 aromatic rings. The molecule has 2 heterocycles. The molecule has 1 aromatic carbocycles. The van der Waals surface area contributed by atoms with Crippen LogP contribution in [-0.2, 0) is 9.53 Å². The number of hydrazone groups is 1. The van der Waals surface area contributed by atoms with Crippen LogP contribution in [0.5, 0.6) is 11.5 Å². The molecule has 1 aliphatic rings. The third-order valence-electron chi connectivity index (χ3n) is 4.26. The summed E-state index contributed by atoms with van der Waals surface area (Å²) in [6, 6.07) is 7.25. The van der Waals surface area contributed by atoms with Gasteiger partial charge in [0.25, 0.3) is 5.91 Å². The number of ether oxygens (including phenoxy) is 3. The Morgan fingerprint density at radius 1 is 1.21 bits per heavy atom.